The summed E-state index contributed by atoms with van der Waals surface area (Å²) >= 11 is 0. The minimum absolute atomic E-state index is 0.375. The van der Waals surface area contributed by atoms with Crippen LogP contribution in [0.15, 0.2) is 0 Å². The van der Waals surface area contributed by atoms with Gasteiger partial charge in [-0.1, -0.05) is 6.92 Å². The lowest BCUT2D eigenvalue weighted by Crippen LogP contribution is -2.68. The molecule has 0 aliphatic carbocycles. The molecule has 0 saturated carbocycles. The molecule has 0 aromatic heterocycles. The standard InChI is InChI=1S/C9H15F3N2O/c1-2-8(13)5-14(6-8)7(15)3-4-9(10,11)12/h2-6,13H2,1H3. The van der Waals surface area contributed by atoms with Crippen molar-refractivity contribution in [1.82, 2.24) is 4.90 Å². The average Bonchev–Trinajstić information content (AvgIpc) is 2.08. The summed E-state index contributed by atoms with van der Waals surface area (Å²) in [6, 6.07) is 0. The van der Waals surface area contributed by atoms with E-state index in [9.17, 15) is 18.0 Å². The highest BCUT2D eigenvalue weighted by Crippen LogP contribution is 2.25. The number of nitrogens with zero attached hydrogens (tertiary/aromatic N) is 1. The Hall–Kier alpha value is -0.780. The van der Waals surface area contributed by atoms with Crippen LogP contribution in [-0.2, 0) is 4.79 Å². The number of hydrogen-bond donors (Lipinski definition) is 1. The molecule has 2 N–H and O–H groups in total. The molecular formula is C9H15F3N2O. The summed E-state index contributed by atoms with van der Waals surface area (Å²) in [4.78, 5) is 12.6. The van der Waals surface area contributed by atoms with E-state index in [1.807, 2.05) is 6.92 Å². The second kappa shape index (κ2) is 4.00. The van der Waals surface area contributed by atoms with Crippen molar-refractivity contribution in [1.29, 1.82) is 0 Å². The number of likely N-dealkylation sites (tertiary alicyclic amines) is 1. The van der Waals surface area contributed by atoms with Crippen LogP contribution in [0.2, 0.25) is 0 Å². The molecule has 1 amide bonds. The lowest BCUT2D eigenvalue weighted by molar-refractivity contribution is -0.153. The molecule has 0 atom stereocenters. The molecule has 1 rings (SSSR count). The quantitative estimate of drug-likeness (QED) is 0.784. The van der Waals surface area contributed by atoms with Crippen molar-refractivity contribution in [3.05, 3.63) is 0 Å². The largest absolute Gasteiger partial charge is 0.389 e. The van der Waals surface area contributed by atoms with Gasteiger partial charge in [0.05, 0.1) is 12.0 Å². The second-order valence-corrected chi connectivity index (χ2v) is 4.08. The zero-order valence-electron chi connectivity index (χ0n) is 8.60. The van der Waals surface area contributed by atoms with E-state index >= 15 is 0 Å². The first-order valence-corrected chi connectivity index (χ1v) is 4.89. The van der Waals surface area contributed by atoms with Crippen molar-refractivity contribution < 1.29 is 18.0 Å². The van der Waals surface area contributed by atoms with Gasteiger partial charge in [0, 0.05) is 19.5 Å². The van der Waals surface area contributed by atoms with E-state index in [2.05, 4.69) is 0 Å². The highest BCUT2D eigenvalue weighted by molar-refractivity contribution is 5.77. The monoisotopic (exact) mass is 224 g/mol. The van der Waals surface area contributed by atoms with Crippen LogP contribution in [0.1, 0.15) is 26.2 Å². The summed E-state index contributed by atoms with van der Waals surface area (Å²) in [6.45, 7) is 2.65. The molecule has 1 heterocycles. The Morgan fingerprint density at radius 2 is 2.00 bits per heavy atom. The fraction of sp³-hybridized carbons (Fsp3) is 0.889. The van der Waals surface area contributed by atoms with E-state index in [4.69, 9.17) is 5.73 Å². The van der Waals surface area contributed by atoms with E-state index in [1.165, 1.54) is 4.90 Å². The third-order valence-corrected chi connectivity index (χ3v) is 2.69. The molecule has 1 fully saturated rings. The molecule has 3 nitrogen and oxygen atoms in total. The summed E-state index contributed by atoms with van der Waals surface area (Å²) in [6.07, 6.45) is -5.05. The Bertz CT molecular complexity index is 246. The zero-order valence-corrected chi connectivity index (χ0v) is 8.60. The molecule has 0 unspecified atom stereocenters. The van der Waals surface area contributed by atoms with E-state index in [-0.39, 0.29) is 5.54 Å². The Kier molecular flexibility index (Phi) is 3.28. The van der Waals surface area contributed by atoms with Gasteiger partial charge in [-0.05, 0) is 6.42 Å². The molecule has 0 bridgehead atoms. The first-order valence-electron chi connectivity index (χ1n) is 4.89. The van der Waals surface area contributed by atoms with Gasteiger partial charge in [-0.3, -0.25) is 4.79 Å². The number of halogens is 3. The molecule has 1 saturated heterocycles. The van der Waals surface area contributed by atoms with Crippen molar-refractivity contribution in [2.75, 3.05) is 13.1 Å². The van der Waals surface area contributed by atoms with Crippen LogP contribution in [0.4, 0.5) is 13.2 Å². The minimum Gasteiger partial charge on any atom is -0.339 e. The first-order chi connectivity index (χ1) is 6.76. The first kappa shape index (κ1) is 12.3. The molecule has 0 spiro atoms. The van der Waals surface area contributed by atoms with Gasteiger partial charge in [-0.2, -0.15) is 13.2 Å². The smallest absolute Gasteiger partial charge is 0.339 e. The SMILES string of the molecule is CCC1(N)CN(C(=O)CCC(F)(F)F)C1. The predicted molar refractivity (Wildman–Crippen MR) is 49.1 cm³/mol. The van der Waals surface area contributed by atoms with Crippen LogP contribution in [0.3, 0.4) is 0 Å². The normalized spacial score (nSPS) is 19.9. The summed E-state index contributed by atoms with van der Waals surface area (Å²) in [5.41, 5.74) is 5.42. The molecule has 88 valence electrons. The lowest BCUT2D eigenvalue weighted by Gasteiger charge is -2.47. The van der Waals surface area contributed by atoms with E-state index in [0.717, 1.165) is 6.42 Å². The number of carbonyl (C=O) groups excluding carboxylic acids is 1. The number of rotatable bonds is 3. The number of alkyl halides is 3. The Morgan fingerprint density at radius 1 is 1.47 bits per heavy atom. The maximum atomic E-state index is 11.8. The molecular weight excluding hydrogens is 209 g/mol. The summed E-state index contributed by atoms with van der Waals surface area (Å²) in [5.74, 6) is -0.457. The van der Waals surface area contributed by atoms with Gasteiger partial charge >= 0.3 is 6.18 Å². The van der Waals surface area contributed by atoms with Crippen LogP contribution in [0.5, 0.6) is 0 Å². The van der Waals surface area contributed by atoms with Crippen LogP contribution in [-0.4, -0.2) is 35.6 Å². The van der Waals surface area contributed by atoms with Crippen molar-refractivity contribution >= 4 is 5.91 Å². The molecule has 0 aromatic carbocycles. The topological polar surface area (TPSA) is 46.3 Å². The van der Waals surface area contributed by atoms with Gasteiger partial charge in [0.1, 0.15) is 0 Å². The minimum atomic E-state index is -4.26. The molecule has 15 heavy (non-hydrogen) atoms. The van der Waals surface area contributed by atoms with E-state index in [0.29, 0.717) is 13.1 Å². The fourth-order valence-electron chi connectivity index (χ4n) is 1.52. The Morgan fingerprint density at radius 3 is 2.40 bits per heavy atom. The number of nitrogens with two attached hydrogens (primary N) is 1. The third kappa shape index (κ3) is 3.37. The van der Waals surface area contributed by atoms with Gasteiger partial charge in [0.15, 0.2) is 0 Å². The summed E-state index contributed by atoms with van der Waals surface area (Å²) in [5, 5.41) is 0. The highest BCUT2D eigenvalue weighted by atomic mass is 19.4. The molecule has 0 aromatic rings. The molecule has 1 aliphatic heterocycles. The Labute approximate surface area is 86.4 Å². The highest BCUT2D eigenvalue weighted by Gasteiger charge is 2.41. The second-order valence-electron chi connectivity index (χ2n) is 4.08. The van der Waals surface area contributed by atoms with Crippen molar-refractivity contribution in [2.45, 2.75) is 37.9 Å². The van der Waals surface area contributed by atoms with Crippen molar-refractivity contribution in [3.8, 4) is 0 Å². The van der Waals surface area contributed by atoms with Crippen molar-refractivity contribution in [2.24, 2.45) is 5.73 Å². The number of carbonyl (C=O) groups is 1. The van der Waals surface area contributed by atoms with Gasteiger partial charge in [-0.25, -0.2) is 0 Å². The molecule has 6 heteroatoms. The molecule has 1 aliphatic rings. The van der Waals surface area contributed by atoms with Gasteiger partial charge < -0.3 is 10.6 Å². The van der Waals surface area contributed by atoms with Gasteiger partial charge in [0.25, 0.3) is 0 Å². The van der Waals surface area contributed by atoms with Gasteiger partial charge in [0.2, 0.25) is 5.91 Å². The summed E-state index contributed by atoms with van der Waals surface area (Å²) in [7, 11) is 0. The average molecular weight is 224 g/mol. The maximum Gasteiger partial charge on any atom is 0.389 e. The van der Waals surface area contributed by atoms with Crippen LogP contribution in [0.25, 0.3) is 0 Å². The predicted octanol–water partition coefficient (Wildman–Crippen LogP) is 1.28. The number of hydrogen-bond acceptors (Lipinski definition) is 2. The zero-order chi connectivity index (χ0) is 11.7. The van der Waals surface area contributed by atoms with Crippen LogP contribution < -0.4 is 5.73 Å². The summed E-state index contributed by atoms with van der Waals surface area (Å²) < 4.78 is 35.5. The van der Waals surface area contributed by atoms with Crippen LogP contribution >= 0.6 is 0 Å². The lowest BCUT2D eigenvalue weighted by atomic mass is 9.88. The maximum absolute atomic E-state index is 11.8. The fourth-order valence-corrected chi connectivity index (χ4v) is 1.52. The number of amides is 1. The van der Waals surface area contributed by atoms with E-state index in [1.54, 1.807) is 0 Å². The third-order valence-electron chi connectivity index (χ3n) is 2.69. The van der Waals surface area contributed by atoms with Crippen LogP contribution in [0, 0.1) is 0 Å². The van der Waals surface area contributed by atoms with Gasteiger partial charge in [-0.15, -0.1) is 0 Å². The van der Waals surface area contributed by atoms with E-state index < -0.39 is 24.9 Å². The Balaban J connectivity index is 2.27. The molecule has 0 radical (unpaired) electrons. The van der Waals surface area contributed by atoms with Crippen molar-refractivity contribution in [3.63, 3.8) is 0 Å².